The molecule has 0 saturated carbocycles. The summed E-state index contributed by atoms with van der Waals surface area (Å²) >= 11 is 0. The van der Waals surface area contributed by atoms with Crippen molar-refractivity contribution in [2.24, 2.45) is 0 Å². The third-order valence-electron chi connectivity index (χ3n) is 1.63. The van der Waals surface area contributed by atoms with Crippen LogP contribution in [0.2, 0.25) is 0 Å². The minimum absolute atomic E-state index is 0.432. The van der Waals surface area contributed by atoms with Gasteiger partial charge >= 0.3 is 0 Å². The molecule has 0 aliphatic carbocycles. The first-order valence-electron chi connectivity index (χ1n) is 3.90. The van der Waals surface area contributed by atoms with E-state index < -0.39 is 6.10 Å². The highest BCUT2D eigenvalue weighted by Gasteiger charge is 2.04. The van der Waals surface area contributed by atoms with Crippen LogP contribution in [0.3, 0.4) is 0 Å². The standard InChI is InChI=1S/C9H13NO2/c1-6(11)4-5-9-7(2)10-12-8(9)3/h4-6,11H,1-3H3/b5-4+. The summed E-state index contributed by atoms with van der Waals surface area (Å²) in [7, 11) is 0. The van der Waals surface area contributed by atoms with E-state index in [0.29, 0.717) is 0 Å². The Morgan fingerprint density at radius 3 is 2.58 bits per heavy atom. The summed E-state index contributed by atoms with van der Waals surface area (Å²) < 4.78 is 4.94. The maximum Gasteiger partial charge on any atom is 0.141 e. The first kappa shape index (κ1) is 9.00. The molecular weight excluding hydrogens is 154 g/mol. The van der Waals surface area contributed by atoms with Crippen molar-refractivity contribution in [3.63, 3.8) is 0 Å². The van der Waals surface area contributed by atoms with E-state index in [2.05, 4.69) is 5.16 Å². The summed E-state index contributed by atoms with van der Waals surface area (Å²) in [6, 6.07) is 0. The number of aliphatic hydroxyl groups is 1. The lowest BCUT2D eigenvalue weighted by Gasteiger charge is -1.93. The molecule has 0 radical (unpaired) electrons. The van der Waals surface area contributed by atoms with Gasteiger partial charge in [-0.3, -0.25) is 0 Å². The summed E-state index contributed by atoms with van der Waals surface area (Å²) in [6.07, 6.45) is 3.09. The highest BCUT2D eigenvalue weighted by molar-refractivity contribution is 5.53. The predicted molar refractivity (Wildman–Crippen MR) is 46.7 cm³/mol. The molecule has 66 valence electrons. The van der Waals surface area contributed by atoms with Gasteiger partial charge in [-0.25, -0.2) is 0 Å². The molecule has 1 rings (SSSR count). The molecule has 1 N–H and O–H groups in total. The SMILES string of the molecule is Cc1noc(C)c1/C=C/C(C)O. The molecule has 12 heavy (non-hydrogen) atoms. The molecule has 0 aromatic carbocycles. The van der Waals surface area contributed by atoms with Gasteiger partial charge in [0.15, 0.2) is 0 Å². The van der Waals surface area contributed by atoms with Crippen LogP contribution in [0.1, 0.15) is 23.9 Å². The van der Waals surface area contributed by atoms with E-state index >= 15 is 0 Å². The maximum absolute atomic E-state index is 9.00. The molecule has 0 bridgehead atoms. The lowest BCUT2D eigenvalue weighted by molar-refractivity contribution is 0.245. The normalized spacial score (nSPS) is 14.0. The highest BCUT2D eigenvalue weighted by atomic mass is 16.5. The van der Waals surface area contributed by atoms with Crippen LogP contribution in [-0.2, 0) is 0 Å². The average molecular weight is 167 g/mol. The lowest BCUT2D eigenvalue weighted by atomic mass is 10.2. The van der Waals surface area contributed by atoms with E-state index in [4.69, 9.17) is 9.63 Å². The van der Waals surface area contributed by atoms with E-state index in [0.717, 1.165) is 17.0 Å². The highest BCUT2D eigenvalue weighted by Crippen LogP contribution is 2.13. The number of aromatic nitrogens is 1. The quantitative estimate of drug-likeness (QED) is 0.729. The molecule has 0 aliphatic rings. The van der Waals surface area contributed by atoms with Crippen molar-refractivity contribution in [3.05, 3.63) is 23.1 Å². The van der Waals surface area contributed by atoms with Gasteiger partial charge in [0.2, 0.25) is 0 Å². The van der Waals surface area contributed by atoms with Crippen LogP contribution in [0, 0.1) is 13.8 Å². The van der Waals surface area contributed by atoms with Crippen molar-refractivity contribution in [2.45, 2.75) is 26.9 Å². The monoisotopic (exact) mass is 167 g/mol. The third-order valence-corrected chi connectivity index (χ3v) is 1.63. The molecule has 1 atom stereocenters. The molecular formula is C9H13NO2. The molecule has 0 amide bonds. The van der Waals surface area contributed by atoms with E-state index in [-0.39, 0.29) is 0 Å². The number of hydrogen-bond acceptors (Lipinski definition) is 3. The number of hydrogen-bond donors (Lipinski definition) is 1. The van der Waals surface area contributed by atoms with Gasteiger partial charge in [-0.1, -0.05) is 17.3 Å². The molecule has 0 spiro atoms. The zero-order chi connectivity index (χ0) is 9.14. The van der Waals surface area contributed by atoms with Gasteiger partial charge in [-0.2, -0.15) is 0 Å². The second-order valence-corrected chi connectivity index (χ2v) is 2.84. The summed E-state index contributed by atoms with van der Waals surface area (Å²) in [5, 5.41) is 12.8. The van der Waals surface area contributed by atoms with Crippen molar-refractivity contribution in [2.75, 3.05) is 0 Å². The molecule has 3 heteroatoms. The van der Waals surface area contributed by atoms with Crippen LogP contribution in [0.25, 0.3) is 6.08 Å². The van der Waals surface area contributed by atoms with Crippen molar-refractivity contribution in [1.82, 2.24) is 5.16 Å². The predicted octanol–water partition coefficient (Wildman–Crippen LogP) is 1.69. The van der Waals surface area contributed by atoms with E-state index in [1.807, 2.05) is 19.9 Å². The molecule has 3 nitrogen and oxygen atoms in total. The van der Waals surface area contributed by atoms with Crippen molar-refractivity contribution >= 4 is 6.08 Å². The minimum atomic E-state index is -0.432. The zero-order valence-electron chi connectivity index (χ0n) is 7.53. The Bertz CT molecular complexity index is 267. The second-order valence-electron chi connectivity index (χ2n) is 2.84. The van der Waals surface area contributed by atoms with Crippen LogP contribution >= 0.6 is 0 Å². The van der Waals surface area contributed by atoms with Gasteiger partial charge in [-0.05, 0) is 20.8 Å². The molecule has 1 heterocycles. The zero-order valence-corrected chi connectivity index (χ0v) is 7.53. The summed E-state index contributed by atoms with van der Waals surface area (Å²) in [6.45, 7) is 5.43. The largest absolute Gasteiger partial charge is 0.389 e. The van der Waals surface area contributed by atoms with Crippen LogP contribution in [0.5, 0.6) is 0 Å². The number of aryl methyl sites for hydroxylation is 2. The Kier molecular flexibility index (Phi) is 2.65. The molecule has 0 aliphatic heterocycles. The molecule has 1 unspecified atom stereocenters. The second kappa shape index (κ2) is 3.54. The van der Waals surface area contributed by atoms with Crippen molar-refractivity contribution in [3.8, 4) is 0 Å². The van der Waals surface area contributed by atoms with Gasteiger partial charge in [-0.15, -0.1) is 0 Å². The van der Waals surface area contributed by atoms with E-state index in [1.165, 1.54) is 0 Å². The van der Waals surface area contributed by atoms with Crippen LogP contribution in [0.15, 0.2) is 10.6 Å². The van der Waals surface area contributed by atoms with E-state index in [1.54, 1.807) is 13.0 Å². The average Bonchev–Trinajstić information content (AvgIpc) is 2.28. The number of rotatable bonds is 2. The summed E-state index contributed by atoms with van der Waals surface area (Å²) in [4.78, 5) is 0. The maximum atomic E-state index is 9.00. The third kappa shape index (κ3) is 1.95. The summed E-state index contributed by atoms with van der Waals surface area (Å²) in [5.41, 5.74) is 1.81. The Balaban J connectivity index is 2.87. The fraction of sp³-hybridized carbons (Fsp3) is 0.444. The first-order valence-corrected chi connectivity index (χ1v) is 3.90. The smallest absolute Gasteiger partial charge is 0.141 e. The first-order chi connectivity index (χ1) is 5.61. The Morgan fingerprint density at radius 2 is 2.17 bits per heavy atom. The number of nitrogens with zero attached hydrogens (tertiary/aromatic N) is 1. The summed E-state index contributed by atoms with van der Waals surface area (Å²) in [5.74, 6) is 0.782. The van der Waals surface area contributed by atoms with Crippen LogP contribution in [-0.4, -0.2) is 16.4 Å². The Morgan fingerprint density at radius 1 is 1.50 bits per heavy atom. The number of aliphatic hydroxyl groups excluding tert-OH is 1. The van der Waals surface area contributed by atoms with Crippen LogP contribution < -0.4 is 0 Å². The van der Waals surface area contributed by atoms with Crippen LogP contribution in [0.4, 0.5) is 0 Å². The minimum Gasteiger partial charge on any atom is -0.389 e. The van der Waals surface area contributed by atoms with E-state index in [9.17, 15) is 0 Å². The molecule has 1 aromatic heterocycles. The lowest BCUT2D eigenvalue weighted by Crippen LogP contribution is -1.91. The molecule has 0 saturated heterocycles. The van der Waals surface area contributed by atoms with Crippen molar-refractivity contribution in [1.29, 1.82) is 0 Å². The van der Waals surface area contributed by atoms with Gasteiger partial charge in [0, 0.05) is 5.56 Å². The van der Waals surface area contributed by atoms with Gasteiger partial charge in [0.25, 0.3) is 0 Å². The van der Waals surface area contributed by atoms with Gasteiger partial charge in [0.05, 0.1) is 11.8 Å². The fourth-order valence-corrected chi connectivity index (χ4v) is 0.963. The van der Waals surface area contributed by atoms with Gasteiger partial charge < -0.3 is 9.63 Å². The topological polar surface area (TPSA) is 46.3 Å². The Hall–Kier alpha value is -1.09. The molecule has 1 aromatic rings. The van der Waals surface area contributed by atoms with Gasteiger partial charge in [0.1, 0.15) is 5.76 Å². The Labute approximate surface area is 71.7 Å². The van der Waals surface area contributed by atoms with Crippen molar-refractivity contribution < 1.29 is 9.63 Å². The fourth-order valence-electron chi connectivity index (χ4n) is 0.963. The molecule has 0 fully saturated rings.